The van der Waals surface area contributed by atoms with Crippen LogP contribution >= 0.6 is 11.6 Å². The summed E-state index contributed by atoms with van der Waals surface area (Å²) < 4.78 is 5.71. The second-order valence-electron chi connectivity index (χ2n) is 7.81. The smallest absolute Gasteiger partial charge is 0.343 e. The predicted octanol–water partition coefficient (Wildman–Crippen LogP) is 5.59. The molecule has 0 aliphatic rings. The van der Waals surface area contributed by atoms with E-state index in [0.717, 1.165) is 5.56 Å². The van der Waals surface area contributed by atoms with E-state index >= 15 is 0 Å². The van der Waals surface area contributed by atoms with E-state index in [1.165, 1.54) is 4.80 Å². The molecule has 1 heterocycles. The molecule has 0 radical (unpaired) electrons. The average molecular weight is 406 g/mol. The number of esters is 1. The summed E-state index contributed by atoms with van der Waals surface area (Å²) >= 11 is 6.08. The Balaban J connectivity index is 1.81. The second kappa shape index (κ2) is 7.33. The van der Waals surface area contributed by atoms with Gasteiger partial charge in [-0.1, -0.05) is 56.6 Å². The molecule has 0 saturated heterocycles. The van der Waals surface area contributed by atoms with Crippen molar-refractivity contribution >= 4 is 28.6 Å². The molecule has 0 N–H and O–H groups in total. The van der Waals surface area contributed by atoms with Crippen LogP contribution in [0.4, 0.5) is 0 Å². The first-order chi connectivity index (χ1) is 13.8. The molecule has 4 rings (SSSR count). The van der Waals surface area contributed by atoms with Gasteiger partial charge in [-0.25, -0.2) is 4.79 Å². The molecule has 0 saturated carbocycles. The van der Waals surface area contributed by atoms with Gasteiger partial charge in [-0.2, -0.15) is 0 Å². The van der Waals surface area contributed by atoms with Crippen LogP contribution in [0, 0.1) is 0 Å². The fraction of sp³-hybridized carbons (Fsp3) is 0.174. The number of aromatic nitrogens is 3. The van der Waals surface area contributed by atoms with E-state index in [-0.39, 0.29) is 5.41 Å². The molecular formula is C23H20ClN3O2. The third-order valence-corrected chi connectivity index (χ3v) is 4.83. The van der Waals surface area contributed by atoms with E-state index in [1.807, 2.05) is 24.3 Å². The molecule has 0 amide bonds. The quantitative estimate of drug-likeness (QED) is 0.329. The van der Waals surface area contributed by atoms with Gasteiger partial charge in [0.25, 0.3) is 0 Å². The van der Waals surface area contributed by atoms with Crippen LogP contribution in [0.5, 0.6) is 5.75 Å². The van der Waals surface area contributed by atoms with Crippen LogP contribution in [0.3, 0.4) is 0 Å². The van der Waals surface area contributed by atoms with Crippen molar-refractivity contribution in [2.24, 2.45) is 0 Å². The molecule has 0 unspecified atom stereocenters. The van der Waals surface area contributed by atoms with Crippen molar-refractivity contribution in [2.75, 3.05) is 0 Å². The van der Waals surface area contributed by atoms with E-state index in [9.17, 15) is 4.79 Å². The highest BCUT2D eigenvalue weighted by molar-refractivity contribution is 6.31. The third kappa shape index (κ3) is 4.00. The summed E-state index contributed by atoms with van der Waals surface area (Å²) in [6, 6.07) is 19.9. The fourth-order valence-electron chi connectivity index (χ4n) is 2.95. The van der Waals surface area contributed by atoms with Gasteiger partial charge in [0.15, 0.2) is 5.75 Å². The van der Waals surface area contributed by atoms with Gasteiger partial charge in [-0.05, 0) is 53.4 Å². The van der Waals surface area contributed by atoms with E-state index in [2.05, 4.69) is 31.0 Å². The summed E-state index contributed by atoms with van der Waals surface area (Å²) in [6.45, 7) is 6.36. The lowest BCUT2D eigenvalue weighted by Gasteiger charge is -2.20. The van der Waals surface area contributed by atoms with Crippen molar-refractivity contribution < 1.29 is 9.53 Å². The zero-order chi connectivity index (χ0) is 20.6. The molecule has 6 heteroatoms. The minimum atomic E-state index is -0.435. The Morgan fingerprint density at radius 2 is 1.66 bits per heavy atom. The highest BCUT2D eigenvalue weighted by atomic mass is 35.5. The molecular weight excluding hydrogens is 386 g/mol. The summed E-state index contributed by atoms with van der Waals surface area (Å²) in [6.07, 6.45) is 0. The fourth-order valence-corrected chi connectivity index (χ4v) is 3.12. The van der Waals surface area contributed by atoms with Crippen molar-refractivity contribution in [3.8, 4) is 11.4 Å². The predicted molar refractivity (Wildman–Crippen MR) is 114 cm³/mol. The van der Waals surface area contributed by atoms with Gasteiger partial charge in [-0.3, -0.25) is 0 Å². The molecule has 0 spiro atoms. The van der Waals surface area contributed by atoms with Crippen LogP contribution in [0.1, 0.15) is 36.7 Å². The Bertz CT molecular complexity index is 1190. The lowest BCUT2D eigenvalue weighted by atomic mass is 9.87. The van der Waals surface area contributed by atoms with Gasteiger partial charge in [0, 0.05) is 5.02 Å². The number of carbonyl (C=O) groups excluding carboxylic acids is 1. The van der Waals surface area contributed by atoms with Gasteiger partial charge in [0.05, 0.1) is 5.56 Å². The number of hydrogen-bond donors (Lipinski definition) is 0. The Kier molecular flexibility index (Phi) is 4.84. The van der Waals surface area contributed by atoms with Crippen LogP contribution in [-0.2, 0) is 5.41 Å². The number of rotatable bonds is 3. The molecule has 0 aliphatic heterocycles. The molecule has 146 valence electrons. The normalized spacial score (nSPS) is 11.6. The Labute approximate surface area is 173 Å². The van der Waals surface area contributed by atoms with Crippen LogP contribution < -0.4 is 4.74 Å². The van der Waals surface area contributed by atoms with Gasteiger partial charge in [0.1, 0.15) is 16.7 Å². The molecule has 5 nitrogen and oxygen atoms in total. The molecule has 0 bridgehead atoms. The number of ether oxygens (including phenoxy) is 1. The van der Waals surface area contributed by atoms with E-state index in [0.29, 0.717) is 33.1 Å². The zero-order valence-electron chi connectivity index (χ0n) is 16.4. The molecule has 29 heavy (non-hydrogen) atoms. The van der Waals surface area contributed by atoms with Crippen molar-refractivity contribution in [1.29, 1.82) is 0 Å². The lowest BCUT2D eigenvalue weighted by molar-refractivity contribution is 0.0734. The zero-order valence-corrected chi connectivity index (χ0v) is 17.1. The summed E-state index contributed by atoms with van der Waals surface area (Å²) in [5.41, 5.74) is 3.42. The van der Waals surface area contributed by atoms with Crippen LogP contribution in [0.25, 0.3) is 16.7 Å². The Hall–Kier alpha value is -3.18. The van der Waals surface area contributed by atoms with Crippen LogP contribution in [0.15, 0.2) is 66.7 Å². The largest absolute Gasteiger partial charge is 0.421 e. The maximum Gasteiger partial charge on any atom is 0.343 e. The second-order valence-corrected chi connectivity index (χ2v) is 8.25. The number of benzene rings is 3. The molecule has 0 atom stereocenters. The highest BCUT2D eigenvalue weighted by Gasteiger charge is 2.20. The van der Waals surface area contributed by atoms with Crippen molar-refractivity contribution in [3.63, 3.8) is 0 Å². The van der Waals surface area contributed by atoms with Crippen molar-refractivity contribution in [2.45, 2.75) is 26.2 Å². The standard InChI is InChI=1S/C23H20ClN3O2/c1-23(2,3)16-9-12-21(29-22(28)15-7-5-4-6-8-15)20(13-16)27-25-18-11-10-17(24)14-19(18)26-27/h4-14H,1-3H3. The molecule has 3 aromatic carbocycles. The van der Waals surface area contributed by atoms with E-state index < -0.39 is 5.97 Å². The minimum Gasteiger partial charge on any atom is -0.421 e. The Morgan fingerprint density at radius 3 is 2.38 bits per heavy atom. The average Bonchev–Trinajstić information content (AvgIpc) is 3.11. The van der Waals surface area contributed by atoms with Gasteiger partial charge in [-0.15, -0.1) is 15.0 Å². The molecule has 0 aliphatic carbocycles. The summed E-state index contributed by atoms with van der Waals surface area (Å²) in [5.74, 6) is -0.0478. The van der Waals surface area contributed by atoms with Gasteiger partial charge >= 0.3 is 5.97 Å². The lowest BCUT2D eigenvalue weighted by Crippen LogP contribution is -2.15. The van der Waals surface area contributed by atoms with Gasteiger partial charge < -0.3 is 4.74 Å². The molecule has 1 aromatic heterocycles. The minimum absolute atomic E-state index is 0.0907. The molecule has 0 fully saturated rings. The first kappa shape index (κ1) is 19.2. The van der Waals surface area contributed by atoms with Crippen LogP contribution in [-0.4, -0.2) is 21.0 Å². The summed E-state index contributed by atoms with van der Waals surface area (Å²) in [7, 11) is 0. The van der Waals surface area contributed by atoms with Crippen molar-refractivity contribution in [3.05, 3.63) is 82.9 Å². The third-order valence-electron chi connectivity index (χ3n) is 4.59. The number of halogens is 1. The molecule has 4 aromatic rings. The van der Waals surface area contributed by atoms with E-state index in [4.69, 9.17) is 16.3 Å². The number of nitrogens with zero attached hydrogens (tertiary/aromatic N) is 3. The maximum atomic E-state index is 12.6. The highest BCUT2D eigenvalue weighted by Crippen LogP contribution is 2.31. The van der Waals surface area contributed by atoms with Gasteiger partial charge in [0.2, 0.25) is 0 Å². The van der Waals surface area contributed by atoms with E-state index in [1.54, 1.807) is 42.5 Å². The first-order valence-corrected chi connectivity index (χ1v) is 9.64. The maximum absolute atomic E-state index is 12.6. The number of hydrogen-bond acceptors (Lipinski definition) is 4. The SMILES string of the molecule is CC(C)(C)c1ccc(OC(=O)c2ccccc2)c(-n2nc3ccc(Cl)cc3n2)c1. The first-order valence-electron chi connectivity index (χ1n) is 9.26. The topological polar surface area (TPSA) is 57.0 Å². The summed E-state index contributed by atoms with van der Waals surface area (Å²) in [5, 5.41) is 9.67. The van der Waals surface area contributed by atoms with Crippen LogP contribution in [0.2, 0.25) is 5.02 Å². The monoisotopic (exact) mass is 405 g/mol. The number of fused-ring (bicyclic) bond motifs is 1. The Morgan fingerprint density at radius 1 is 0.931 bits per heavy atom. The number of carbonyl (C=O) groups is 1. The van der Waals surface area contributed by atoms with Crippen molar-refractivity contribution in [1.82, 2.24) is 15.0 Å². The summed E-state index contributed by atoms with van der Waals surface area (Å²) in [4.78, 5) is 14.1.